The lowest BCUT2D eigenvalue weighted by Crippen LogP contribution is -2.46. The summed E-state index contributed by atoms with van der Waals surface area (Å²) in [5.41, 5.74) is 8.62. The van der Waals surface area contributed by atoms with Gasteiger partial charge in [-0.25, -0.2) is 0 Å². The van der Waals surface area contributed by atoms with E-state index in [1.807, 2.05) is 11.8 Å². The van der Waals surface area contributed by atoms with Gasteiger partial charge in [0.2, 0.25) is 5.91 Å². The van der Waals surface area contributed by atoms with Crippen molar-refractivity contribution in [3.05, 3.63) is 35.4 Å². The predicted molar refractivity (Wildman–Crippen MR) is 100 cm³/mol. The van der Waals surface area contributed by atoms with Gasteiger partial charge in [0.1, 0.15) is 0 Å². The molecule has 2 aliphatic rings. The molecule has 1 heterocycles. The van der Waals surface area contributed by atoms with Crippen LogP contribution in [-0.2, 0) is 4.79 Å². The number of halogens is 1. The third-order valence-corrected chi connectivity index (χ3v) is 5.96. The molecule has 2 N–H and O–H groups in total. The van der Waals surface area contributed by atoms with Gasteiger partial charge in [0.05, 0.1) is 6.04 Å². The number of benzene rings is 1. The van der Waals surface area contributed by atoms with Crippen LogP contribution in [0.15, 0.2) is 24.3 Å². The molecule has 1 saturated heterocycles. The molecule has 1 aliphatic heterocycles. The molecule has 128 valence electrons. The van der Waals surface area contributed by atoms with Gasteiger partial charge in [0, 0.05) is 30.0 Å². The SMILES string of the molecule is Cc1ccc(C2CSCCN2C(=O)C2CCCC(N)C2)cc1.Cl. The molecule has 0 spiro atoms. The van der Waals surface area contributed by atoms with E-state index in [1.54, 1.807) is 0 Å². The molecular weight excluding hydrogens is 328 g/mol. The summed E-state index contributed by atoms with van der Waals surface area (Å²) in [4.78, 5) is 15.1. The van der Waals surface area contributed by atoms with Crippen molar-refractivity contribution in [3.63, 3.8) is 0 Å². The standard InChI is InChI=1S/C18H26N2OS.ClH/c1-13-5-7-14(8-6-13)17-12-22-10-9-20(17)18(21)15-3-2-4-16(19)11-15;/h5-8,15-17H,2-4,9-12,19H2,1H3;1H. The van der Waals surface area contributed by atoms with Gasteiger partial charge in [-0.05, 0) is 31.7 Å². The highest BCUT2D eigenvalue weighted by Gasteiger charge is 2.34. The van der Waals surface area contributed by atoms with Crippen LogP contribution in [0.5, 0.6) is 0 Å². The Hall–Kier alpha value is -0.710. The second kappa shape index (κ2) is 8.41. The maximum absolute atomic E-state index is 13.0. The van der Waals surface area contributed by atoms with E-state index in [2.05, 4.69) is 36.1 Å². The Balaban J connectivity index is 0.00000192. The van der Waals surface area contributed by atoms with Crippen LogP contribution in [0.4, 0.5) is 0 Å². The second-order valence-corrected chi connectivity index (χ2v) is 7.81. The first-order valence-corrected chi connectivity index (χ1v) is 9.51. The third kappa shape index (κ3) is 4.43. The number of amides is 1. The molecule has 1 aliphatic carbocycles. The third-order valence-electron chi connectivity index (χ3n) is 4.94. The average Bonchev–Trinajstić information content (AvgIpc) is 2.55. The van der Waals surface area contributed by atoms with Crippen molar-refractivity contribution in [1.82, 2.24) is 4.90 Å². The zero-order valence-corrected chi connectivity index (χ0v) is 15.4. The van der Waals surface area contributed by atoms with E-state index in [-0.39, 0.29) is 30.4 Å². The van der Waals surface area contributed by atoms with Gasteiger partial charge in [-0.2, -0.15) is 11.8 Å². The van der Waals surface area contributed by atoms with Crippen LogP contribution in [-0.4, -0.2) is 34.9 Å². The van der Waals surface area contributed by atoms with Gasteiger partial charge in [0.15, 0.2) is 0 Å². The minimum Gasteiger partial charge on any atom is -0.334 e. The number of hydrogen-bond acceptors (Lipinski definition) is 3. The molecule has 2 fully saturated rings. The molecule has 0 aromatic heterocycles. The first-order valence-electron chi connectivity index (χ1n) is 8.35. The quantitative estimate of drug-likeness (QED) is 0.883. The number of hydrogen-bond donors (Lipinski definition) is 1. The van der Waals surface area contributed by atoms with Crippen LogP contribution in [0.1, 0.15) is 42.9 Å². The van der Waals surface area contributed by atoms with E-state index in [4.69, 9.17) is 5.73 Å². The summed E-state index contributed by atoms with van der Waals surface area (Å²) in [6, 6.07) is 9.09. The highest BCUT2D eigenvalue weighted by Crippen LogP contribution is 2.33. The van der Waals surface area contributed by atoms with Crippen molar-refractivity contribution in [2.45, 2.75) is 44.7 Å². The normalized spacial score (nSPS) is 28.1. The lowest BCUT2D eigenvalue weighted by atomic mass is 9.85. The minimum absolute atomic E-state index is 0. The summed E-state index contributed by atoms with van der Waals surface area (Å²) >= 11 is 1.95. The summed E-state index contributed by atoms with van der Waals surface area (Å²) < 4.78 is 0. The molecule has 3 rings (SSSR count). The number of rotatable bonds is 2. The van der Waals surface area contributed by atoms with Crippen molar-refractivity contribution >= 4 is 30.1 Å². The monoisotopic (exact) mass is 354 g/mol. The first-order chi connectivity index (χ1) is 10.6. The molecule has 0 radical (unpaired) electrons. The van der Waals surface area contributed by atoms with Crippen molar-refractivity contribution in [3.8, 4) is 0 Å². The fourth-order valence-corrected chi connectivity index (χ4v) is 4.71. The maximum Gasteiger partial charge on any atom is 0.226 e. The number of carbonyl (C=O) groups is 1. The van der Waals surface area contributed by atoms with Crippen LogP contribution in [0, 0.1) is 12.8 Å². The molecule has 3 nitrogen and oxygen atoms in total. The number of aryl methyl sites for hydroxylation is 1. The van der Waals surface area contributed by atoms with E-state index in [9.17, 15) is 4.79 Å². The van der Waals surface area contributed by atoms with E-state index in [0.29, 0.717) is 5.91 Å². The summed E-state index contributed by atoms with van der Waals surface area (Å²) in [5, 5.41) is 0. The summed E-state index contributed by atoms with van der Waals surface area (Å²) in [5.74, 6) is 2.53. The summed E-state index contributed by atoms with van der Waals surface area (Å²) in [7, 11) is 0. The van der Waals surface area contributed by atoms with Gasteiger partial charge < -0.3 is 10.6 Å². The van der Waals surface area contributed by atoms with Crippen molar-refractivity contribution in [2.75, 3.05) is 18.1 Å². The van der Waals surface area contributed by atoms with Crippen LogP contribution >= 0.6 is 24.2 Å². The Labute approximate surface area is 149 Å². The molecule has 23 heavy (non-hydrogen) atoms. The van der Waals surface area contributed by atoms with Crippen LogP contribution in [0.2, 0.25) is 0 Å². The Morgan fingerprint density at radius 2 is 2.00 bits per heavy atom. The zero-order valence-electron chi connectivity index (χ0n) is 13.7. The van der Waals surface area contributed by atoms with E-state index >= 15 is 0 Å². The highest BCUT2D eigenvalue weighted by molar-refractivity contribution is 7.99. The Morgan fingerprint density at radius 1 is 1.26 bits per heavy atom. The molecule has 1 saturated carbocycles. The molecule has 5 heteroatoms. The first kappa shape index (κ1) is 18.6. The molecule has 3 atom stereocenters. The van der Waals surface area contributed by atoms with Gasteiger partial charge >= 0.3 is 0 Å². The predicted octanol–water partition coefficient (Wildman–Crippen LogP) is 3.55. The Kier molecular flexibility index (Phi) is 6.81. The van der Waals surface area contributed by atoms with E-state index in [0.717, 1.165) is 43.7 Å². The van der Waals surface area contributed by atoms with Gasteiger partial charge in [-0.3, -0.25) is 4.79 Å². The molecular formula is C18H27ClN2OS. The fraction of sp³-hybridized carbons (Fsp3) is 0.611. The number of thioether (sulfide) groups is 1. The number of nitrogens with zero attached hydrogens (tertiary/aromatic N) is 1. The van der Waals surface area contributed by atoms with Crippen LogP contribution < -0.4 is 5.73 Å². The largest absolute Gasteiger partial charge is 0.334 e. The smallest absolute Gasteiger partial charge is 0.226 e. The Morgan fingerprint density at radius 3 is 2.70 bits per heavy atom. The van der Waals surface area contributed by atoms with Crippen molar-refractivity contribution in [2.24, 2.45) is 11.7 Å². The van der Waals surface area contributed by atoms with Gasteiger partial charge in [-0.15, -0.1) is 12.4 Å². The molecule has 1 aromatic carbocycles. The van der Waals surface area contributed by atoms with Crippen molar-refractivity contribution in [1.29, 1.82) is 0 Å². The lowest BCUT2D eigenvalue weighted by molar-refractivity contribution is -0.138. The number of carbonyl (C=O) groups excluding carboxylic acids is 1. The summed E-state index contributed by atoms with van der Waals surface area (Å²) in [6.07, 6.45) is 4.04. The van der Waals surface area contributed by atoms with Crippen LogP contribution in [0.3, 0.4) is 0 Å². The number of nitrogens with two attached hydrogens (primary N) is 1. The maximum atomic E-state index is 13.0. The average molecular weight is 355 g/mol. The van der Waals surface area contributed by atoms with Crippen molar-refractivity contribution < 1.29 is 4.79 Å². The van der Waals surface area contributed by atoms with Gasteiger partial charge in [-0.1, -0.05) is 36.2 Å². The van der Waals surface area contributed by atoms with E-state index in [1.165, 1.54) is 11.1 Å². The fourth-order valence-electron chi connectivity index (χ4n) is 3.62. The molecule has 0 bridgehead atoms. The van der Waals surface area contributed by atoms with Gasteiger partial charge in [0.25, 0.3) is 0 Å². The summed E-state index contributed by atoms with van der Waals surface area (Å²) in [6.45, 7) is 2.97. The topological polar surface area (TPSA) is 46.3 Å². The molecule has 3 unspecified atom stereocenters. The lowest BCUT2D eigenvalue weighted by Gasteiger charge is -2.39. The molecule has 1 amide bonds. The second-order valence-electron chi connectivity index (χ2n) is 6.66. The zero-order chi connectivity index (χ0) is 15.5. The highest BCUT2D eigenvalue weighted by atomic mass is 35.5. The van der Waals surface area contributed by atoms with E-state index < -0.39 is 0 Å². The minimum atomic E-state index is 0. The molecule has 1 aromatic rings. The van der Waals surface area contributed by atoms with Crippen LogP contribution in [0.25, 0.3) is 0 Å². The Bertz CT molecular complexity index is 522.